The predicted molar refractivity (Wildman–Crippen MR) is 162 cm³/mol. The number of benzene rings is 2. The Bertz CT molecular complexity index is 1710. The van der Waals surface area contributed by atoms with E-state index in [2.05, 4.69) is 0 Å². The maximum Gasteiger partial charge on any atom is 0.477 e. The first-order valence-corrected chi connectivity index (χ1v) is 15.5. The second-order valence-corrected chi connectivity index (χ2v) is 14.2. The van der Waals surface area contributed by atoms with E-state index in [0.29, 0.717) is 11.3 Å². The van der Waals surface area contributed by atoms with Crippen LogP contribution in [0, 0.1) is 19.7 Å². The second-order valence-electron chi connectivity index (χ2n) is 12.6. The van der Waals surface area contributed by atoms with E-state index >= 15 is 0 Å². The molecule has 3 aromatic rings. The highest BCUT2D eigenvalue weighted by atomic mass is 31.2. The van der Waals surface area contributed by atoms with Gasteiger partial charge in [-0.05, 0) is 103 Å². The Morgan fingerprint density at radius 1 is 0.800 bits per heavy atom. The van der Waals surface area contributed by atoms with E-state index in [9.17, 15) is 31.7 Å². The van der Waals surface area contributed by atoms with Gasteiger partial charge in [0.25, 0.3) is 11.5 Å². The highest BCUT2D eigenvalue weighted by Gasteiger charge is 2.39. The van der Waals surface area contributed by atoms with Gasteiger partial charge in [-0.3, -0.25) is 32.6 Å². The van der Waals surface area contributed by atoms with Gasteiger partial charge in [0.2, 0.25) is 0 Å². The van der Waals surface area contributed by atoms with Gasteiger partial charge in [0.1, 0.15) is 19.2 Å². The van der Waals surface area contributed by atoms with Crippen molar-refractivity contribution in [1.82, 2.24) is 4.57 Å². The number of alkyl halides is 3. The number of halogens is 4. The first-order chi connectivity index (χ1) is 20.6. The third kappa shape index (κ3) is 7.84. The van der Waals surface area contributed by atoms with Crippen molar-refractivity contribution in [3.8, 4) is 0 Å². The van der Waals surface area contributed by atoms with E-state index < -0.39 is 54.8 Å². The SMILES string of the molecule is Cc1cc(F)ccc1N1CN(c2ccc(=O)n(COP(=O)(OC(C)(C)C)OC(C)(C)C)c2C)C(=O)c2cc(C(F)(F)F)ccc21. The van der Waals surface area contributed by atoms with Crippen LogP contribution in [0.1, 0.15) is 68.7 Å². The van der Waals surface area contributed by atoms with Gasteiger partial charge >= 0.3 is 14.0 Å². The van der Waals surface area contributed by atoms with Crippen LogP contribution in [0.5, 0.6) is 0 Å². The van der Waals surface area contributed by atoms with Crippen molar-refractivity contribution in [3.05, 3.63) is 87.1 Å². The topological polar surface area (TPSA) is 90.3 Å². The average Bonchev–Trinajstić information content (AvgIpc) is 2.87. The molecular weight excluding hydrogens is 617 g/mol. The number of carbonyl (C=O) groups excluding carboxylic acids is 1. The Kier molecular flexibility index (Phi) is 9.18. The number of anilines is 3. The molecule has 0 unspecified atom stereocenters. The van der Waals surface area contributed by atoms with Gasteiger partial charge in [-0.2, -0.15) is 13.2 Å². The number of rotatable bonds is 7. The molecule has 0 atom stereocenters. The maximum absolute atomic E-state index is 14.0. The molecule has 45 heavy (non-hydrogen) atoms. The minimum Gasteiger partial charge on any atom is -0.322 e. The molecule has 2 aromatic carbocycles. The summed E-state index contributed by atoms with van der Waals surface area (Å²) in [5, 5.41) is 0. The zero-order valence-electron chi connectivity index (χ0n) is 26.3. The molecule has 0 radical (unpaired) electrons. The van der Waals surface area contributed by atoms with Crippen LogP contribution in [0.15, 0.2) is 53.3 Å². The van der Waals surface area contributed by atoms with Gasteiger partial charge in [0, 0.05) is 17.4 Å². The van der Waals surface area contributed by atoms with Gasteiger partial charge in [-0.15, -0.1) is 0 Å². The van der Waals surface area contributed by atoms with Crippen LogP contribution in [0.25, 0.3) is 0 Å². The fraction of sp³-hybridized carbons (Fsp3) is 0.419. The van der Waals surface area contributed by atoms with Gasteiger partial charge in [0.05, 0.1) is 33.7 Å². The first-order valence-electron chi connectivity index (χ1n) is 14.0. The summed E-state index contributed by atoms with van der Waals surface area (Å²) in [6, 6.07) is 9.37. The molecule has 14 heteroatoms. The van der Waals surface area contributed by atoms with Crippen molar-refractivity contribution in [1.29, 1.82) is 0 Å². The monoisotopic (exact) mass is 653 g/mol. The second kappa shape index (κ2) is 12.0. The number of hydrogen-bond acceptors (Lipinski definition) is 7. The van der Waals surface area contributed by atoms with Crippen LogP contribution in [0.2, 0.25) is 0 Å². The average molecular weight is 654 g/mol. The Balaban J connectivity index is 1.80. The van der Waals surface area contributed by atoms with Crippen LogP contribution in [-0.2, 0) is 31.0 Å². The molecule has 244 valence electrons. The molecule has 0 spiro atoms. The summed E-state index contributed by atoms with van der Waals surface area (Å²) >= 11 is 0. The van der Waals surface area contributed by atoms with Crippen LogP contribution >= 0.6 is 7.82 Å². The number of nitrogens with zero attached hydrogens (tertiary/aromatic N) is 3. The molecule has 0 aliphatic carbocycles. The Morgan fingerprint density at radius 2 is 1.38 bits per heavy atom. The number of aromatic nitrogens is 1. The van der Waals surface area contributed by atoms with E-state index in [1.54, 1.807) is 53.4 Å². The number of carbonyl (C=O) groups is 1. The van der Waals surface area contributed by atoms with E-state index in [1.807, 2.05) is 0 Å². The van der Waals surface area contributed by atoms with Crippen molar-refractivity contribution in [2.45, 2.75) is 79.5 Å². The third-order valence-electron chi connectivity index (χ3n) is 6.66. The fourth-order valence-corrected chi connectivity index (χ4v) is 6.58. The van der Waals surface area contributed by atoms with Crippen LogP contribution in [0.3, 0.4) is 0 Å². The molecule has 9 nitrogen and oxygen atoms in total. The lowest BCUT2D eigenvalue weighted by molar-refractivity contribution is -0.137. The van der Waals surface area contributed by atoms with Crippen molar-refractivity contribution >= 4 is 30.8 Å². The van der Waals surface area contributed by atoms with Crippen LogP contribution < -0.4 is 15.4 Å². The van der Waals surface area contributed by atoms with E-state index in [1.165, 1.54) is 42.2 Å². The summed E-state index contributed by atoms with van der Waals surface area (Å²) in [6.45, 7) is 12.3. The van der Waals surface area contributed by atoms with Gasteiger partial charge < -0.3 is 4.90 Å². The predicted octanol–water partition coefficient (Wildman–Crippen LogP) is 8.09. The minimum absolute atomic E-state index is 0.178. The van der Waals surface area contributed by atoms with Crippen molar-refractivity contribution in [3.63, 3.8) is 0 Å². The Labute approximate surface area is 258 Å². The number of hydrogen-bond donors (Lipinski definition) is 0. The number of aryl methyl sites for hydroxylation is 1. The summed E-state index contributed by atoms with van der Waals surface area (Å²) in [5.74, 6) is -1.25. The van der Waals surface area contributed by atoms with E-state index in [4.69, 9.17) is 13.6 Å². The van der Waals surface area contributed by atoms with Gasteiger partial charge in [-0.1, -0.05) is 0 Å². The lowest BCUT2D eigenvalue weighted by Crippen LogP contribution is -2.46. The summed E-state index contributed by atoms with van der Waals surface area (Å²) in [7, 11) is -4.24. The number of fused-ring (bicyclic) bond motifs is 1. The van der Waals surface area contributed by atoms with Crippen molar-refractivity contribution in [2.24, 2.45) is 0 Å². The highest BCUT2D eigenvalue weighted by Crippen LogP contribution is 2.55. The Hall–Kier alpha value is -3.51. The van der Waals surface area contributed by atoms with Gasteiger partial charge in [-0.25, -0.2) is 8.96 Å². The van der Waals surface area contributed by atoms with Gasteiger partial charge in [0.15, 0.2) is 0 Å². The lowest BCUT2D eigenvalue weighted by atomic mass is 10.0. The van der Waals surface area contributed by atoms with Crippen molar-refractivity contribution in [2.75, 3.05) is 16.5 Å². The molecule has 0 saturated heterocycles. The minimum atomic E-state index is -4.72. The van der Waals surface area contributed by atoms with Crippen LogP contribution in [0.4, 0.5) is 34.6 Å². The molecule has 1 amide bonds. The largest absolute Gasteiger partial charge is 0.477 e. The molecule has 1 aliphatic rings. The summed E-state index contributed by atoms with van der Waals surface area (Å²) in [6.07, 6.45) is -4.72. The molecule has 0 bridgehead atoms. The Morgan fingerprint density at radius 3 is 1.93 bits per heavy atom. The molecule has 0 N–H and O–H groups in total. The quantitative estimate of drug-likeness (QED) is 0.188. The zero-order valence-corrected chi connectivity index (χ0v) is 27.2. The molecule has 0 fully saturated rings. The summed E-state index contributed by atoms with van der Waals surface area (Å²) < 4.78 is 86.7. The molecule has 0 saturated carbocycles. The smallest absolute Gasteiger partial charge is 0.322 e. The first kappa shape index (κ1) is 34.4. The number of pyridine rings is 1. The lowest BCUT2D eigenvalue weighted by Gasteiger charge is -2.39. The van der Waals surface area contributed by atoms with Crippen LogP contribution in [-0.4, -0.2) is 28.3 Å². The number of amides is 1. The molecule has 2 heterocycles. The normalized spacial score (nSPS) is 14.6. The zero-order chi connectivity index (χ0) is 33.7. The van der Waals surface area contributed by atoms with E-state index in [0.717, 1.165) is 22.8 Å². The van der Waals surface area contributed by atoms with Crippen molar-refractivity contribution < 1.29 is 40.5 Å². The molecular formula is C31H36F4N3O6P. The molecule has 4 rings (SSSR count). The summed E-state index contributed by atoms with van der Waals surface area (Å²) in [5.41, 5.74) is -2.17. The molecule has 1 aromatic heterocycles. The standard InChI is InChI=1S/C31H36F4N3O6P/c1-19-15-22(32)10-12-24(19)36-17-37(28(40)23-16-21(31(33,34)35)9-11-26(23)36)25-13-14-27(39)38(20(25)2)18-42-45(41,43-29(3,4)5)44-30(6,7)8/h9-16H,17-18H2,1-8H3. The number of phosphoric ester groups is 1. The molecule has 1 aliphatic heterocycles. The number of phosphoric acid groups is 1. The summed E-state index contributed by atoms with van der Waals surface area (Å²) in [4.78, 5) is 29.7. The highest BCUT2D eigenvalue weighted by molar-refractivity contribution is 7.48. The fourth-order valence-electron chi connectivity index (χ4n) is 4.84. The third-order valence-corrected chi connectivity index (χ3v) is 8.63. The maximum atomic E-state index is 14.0. The van der Waals surface area contributed by atoms with E-state index in [-0.39, 0.29) is 29.3 Å².